The SMILES string of the molecule is Cn1nc(Br)nc1Cc1ccc(N)cc1. The Morgan fingerprint density at radius 2 is 2.00 bits per heavy atom. The molecule has 2 N–H and O–H groups in total. The molecule has 1 heterocycles. The second kappa shape index (κ2) is 4.02. The quantitative estimate of drug-likeness (QED) is 0.843. The molecule has 2 aromatic rings. The fourth-order valence-corrected chi connectivity index (χ4v) is 1.80. The van der Waals surface area contributed by atoms with Crippen LogP contribution in [0.15, 0.2) is 29.0 Å². The lowest BCUT2D eigenvalue weighted by atomic mass is 10.1. The molecule has 0 fully saturated rings. The number of anilines is 1. The summed E-state index contributed by atoms with van der Waals surface area (Å²) in [4.78, 5) is 4.27. The van der Waals surface area contributed by atoms with E-state index >= 15 is 0 Å². The molecule has 1 aromatic carbocycles. The Bertz CT molecular complexity index is 461. The largest absolute Gasteiger partial charge is 0.399 e. The first-order chi connectivity index (χ1) is 7.15. The van der Waals surface area contributed by atoms with Gasteiger partial charge in [0, 0.05) is 19.2 Å². The van der Waals surface area contributed by atoms with Gasteiger partial charge >= 0.3 is 0 Å². The normalized spacial score (nSPS) is 10.5. The van der Waals surface area contributed by atoms with E-state index in [0.717, 1.165) is 17.9 Å². The van der Waals surface area contributed by atoms with Crippen LogP contribution in [-0.4, -0.2) is 14.8 Å². The second-order valence-corrected chi connectivity index (χ2v) is 4.05. The summed E-state index contributed by atoms with van der Waals surface area (Å²) in [6.45, 7) is 0. The zero-order valence-electron chi connectivity index (χ0n) is 8.31. The van der Waals surface area contributed by atoms with Crippen molar-refractivity contribution in [2.45, 2.75) is 6.42 Å². The molecule has 5 heteroatoms. The molecule has 0 radical (unpaired) electrons. The topological polar surface area (TPSA) is 56.7 Å². The van der Waals surface area contributed by atoms with E-state index in [2.05, 4.69) is 26.0 Å². The fraction of sp³-hybridized carbons (Fsp3) is 0.200. The first kappa shape index (κ1) is 10.2. The lowest BCUT2D eigenvalue weighted by Gasteiger charge is -2.00. The molecule has 0 saturated heterocycles. The number of nitrogen functional groups attached to an aromatic ring is 1. The average molecular weight is 267 g/mol. The van der Waals surface area contributed by atoms with Gasteiger partial charge in [-0.05, 0) is 33.6 Å². The summed E-state index contributed by atoms with van der Waals surface area (Å²) in [6, 6.07) is 7.78. The van der Waals surface area contributed by atoms with Crippen molar-refractivity contribution in [3.8, 4) is 0 Å². The lowest BCUT2D eigenvalue weighted by Crippen LogP contribution is -2.00. The van der Waals surface area contributed by atoms with Gasteiger partial charge in [0.15, 0.2) is 0 Å². The smallest absolute Gasteiger partial charge is 0.217 e. The molecule has 0 spiro atoms. The molecule has 0 bridgehead atoms. The number of benzene rings is 1. The van der Waals surface area contributed by atoms with Crippen molar-refractivity contribution in [3.05, 3.63) is 40.4 Å². The summed E-state index contributed by atoms with van der Waals surface area (Å²) < 4.78 is 2.39. The Balaban J connectivity index is 2.21. The van der Waals surface area contributed by atoms with Gasteiger partial charge in [-0.2, -0.15) is 0 Å². The van der Waals surface area contributed by atoms with Crippen LogP contribution in [-0.2, 0) is 13.5 Å². The van der Waals surface area contributed by atoms with Crippen LogP contribution in [0, 0.1) is 0 Å². The first-order valence-corrected chi connectivity index (χ1v) is 5.34. The molecule has 1 aromatic heterocycles. The molecule has 0 amide bonds. The number of nitrogens with two attached hydrogens (primary N) is 1. The molecule has 78 valence electrons. The van der Waals surface area contributed by atoms with Crippen molar-refractivity contribution < 1.29 is 0 Å². The highest BCUT2D eigenvalue weighted by Gasteiger charge is 2.05. The van der Waals surface area contributed by atoms with Crippen LogP contribution in [0.1, 0.15) is 11.4 Å². The number of hydrogen-bond donors (Lipinski definition) is 1. The number of rotatable bonds is 2. The molecule has 15 heavy (non-hydrogen) atoms. The maximum atomic E-state index is 5.61. The van der Waals surface area contributed by atoms with Crippen LogP contribution in [0.3, 0.4) is 0 Å². The van der Waals surface area contributed by atoms with Crippen molar-refractivity contribution >= 4 is 21.6 Å². The molecule has 0 aliphatic heterocycles. The van der Waals surface area contributed by atoms with Gasteiger partial charge in [0.1, 0.15) is 5.82 Å². The van der Waals surface area contributed by atoms with Gasteiger partial charge < -0.3 is 5.73 Å². The van der Waals surface area contributed by atoms with Crippen LogP contribution >= 0.6 is 15.9 Å². The standard InChI is InChI=1S/C10H11BrN4/c1-15-9(13-10(11)14-15)6-7-2-4-8(12)5-3-7/h2-5H,6,12H2,1H3. The van der Waals surface area contributed by atoms with E-state index in [1.807, 2.05) is 31.3 Å². The molecule has 0 atom stereocenters. The minimum atomic E-state index is 0.621. The predicted molar refractivity (Wildman–Crippen MR) is 62.4 cm³/mol. The van der Waals surface area contributed by atoms with Crippen molar-refractivity contribution in [3.63, 3.8) is 0 Å². The molecule has 0 aliphatic carbocycles. The van der Waals surface area contributed by atoms with E-state index in [1.54, 1.807) is 4.68 Å². The van der Waals surface area contributed by atoms with E-state index in [9.17, 15) is 0 Å². The van der Waals surface area contributed by atoms with Gasteiger partial charge in [-0.1, -0.05) is 12.1 Å². The highest BCUT2D eigenvalue weighted by molar-refractivity contribution is 9.10. The van der Waals surface area contributed by atoms with Crippen LogP contribution in [0.5, 0.6) is 0 Å². The zero-order valence-corrected chi connectivity index (χ0v) is 9.90. The van der Waals surface area contributed by atoms with Gasteiger partial charge in [0.05, 0.1) is 0 Å². The van der Waals surface area contributed by atoms with Crippen molar-refractivity contribution in [2.75, 3.05) is 5.73 Å². The van der Waals surface area contributed by atoms with E-state index < -0.39 is 0 Å². The molecular formula is C10H11BrN4. The number of hydrogen-bond acceptors (Lipinski definition) is 3. The molecule has 0 aliphatic rings. The number of aryl methyl sites for hydroxylation is 1. The van der Waals surface area contributed by atoms with Crippen LogP contribution in [0.25, 0.3) is 0 Å². The summed E-state index contributed by atoms with van der Waals surface area (Å²) in [6.07, 6.45) is 0.759. The maximum Gasteiger partial charge on any atom is 0.217 e. The highest BCUT2D eigenvalue weighted by atomic mass is 79.9. The summed E-state index contributed by atoms with van der Waals surface area (Å²) >= 11 is 3.24. The summed E-state index contributed by atoms with van der Waals surface area (Å²) in [5.74, 6) is 0.923. The monoisotopic (exact) mass is 266 g/mol. The number of nitrogens with zero attached hydrogens (tertiary/aromatic N) is 3. The Labute approximate surface area is 96.3 Å². The van der Waals surface area contributed by atoms with Crippen molar-refractivity contribution in [1.82, 2.24) is 14.8 Å². The van der Waals surface area contributed by atoms with E-state index in [0.29, 0.717) is 4.73 Å². The second-order valence-electron chi connectivity index (χ2n) is 3.34. The molecule has 4 nitrogen and oxygen atoms in total. The lowest BCUT2D eigenvalue weighted by molar-refractivity contribution is 0.713. The van der Waals surface area contributed by atoms with E-state index in [4.69, 9.17) is 5.73 Å². The van der Waals surface area contributed by atoms with Gasteiger partial charge in [0.2, 0.25) is 4.73 Å². The molecule has 0 saturated carbocycles. The maximum absolute atomic E-state index is 5.61. The molecule has 2 rings (SSSR count). The number of halogens is 1. The Hall–Kier alpha value is -1.36. The van der Waals surface area contributed by atoms with E-state index in [-0.39, 0.29) is 0 Å². The van der Waals surface area contributed by atoms with Crippen LogP contribution in [0.2, 0.25) is 0 Å². The molecular weight excluding hydrogens is 256 g/mol. The Kier molecular flexibility index (Phi) is 2.73. The van der Waals surface area contributed by atoms with Crippen molar-refractivity contribution in [2.24, 2.45) is 7.05 Å². The van der Waals surface area contributed by atoms with Crippen LogP contribution < -0.4 is 5.73 Å². The summed E-state index contributed by atoms with van der Waals surface area (Å²) in [7, 11) is 1.88. The Morgan fingerprint density at radius 3 is 2.53 bits per heavy atom. The van der Waals surface area contributed by atoms with Gasteiger partial charge in [0.25, 0.3) is 0 Å². The highest BCUT2D eigenvalue weighted by Crippen LogP contribution is 2.11. The fourth-order valence-electron chi connectivity index (χ4n) is 1.35. The Morgan fingerprint density at radius 1 is 1.33 bits per heavy atom. The van der Waals surface area contributed by atoms with Crippen molar-refractivity contribution in [1.29, 1.82) is 0 Å². The minimum Gasteiger partial charge on any atom is -0.399 e. The van der Waals surface area contributed by atoms with E-state index in [1.165, 1.54) is 5.56 Å². The minimum absolute atomic E-state index is 0.621. The number of aromatic nitrogens is 3. The summed E-state index contributed by atoms with van der Waals surface area (Å²) in [5.41, 5.74) is 7.56. The third kappa shape index (κ3) is 2.36. The van der Waals surface area contributed by atoms with Crippen LogP contribution in [0.4, 0.5) is 5.69 Å². The zero-order chi connectivity index (χ0) is 10.8. The van der Waals surface area contributed by atoms with Gasteiger partial charge in [-0.3, -0.25) is 4.68 Å². The molecule has 0 unspecified atom stereocenters. The first-order valence-electron chi connectivity index (χ1n) is 4.55. The average Bonchev–Trinajstić information content (AvgIpc) is 2.49. The third-order valence-corrected chi connectivity index (χ3v) is 2.51. The third-order valence-electron chi connectivity index (χ3n) is 2.17. The van der Waals surface area contributed by atoms with Gasteiger partial charge in [-0.25, -0.2) is 4.98 Å². The summed E-state index contributed by atoms with van der Waals surface area (Å²) in [5, 5.41) is 4.12. The van der Waals surface area contributed by atoms with Gasteiger partial charge in [-0.15, -0.1) is 5.10 Å². The predicted octanol–water partition coefficient (Wildman–Crippen LogP) is 1.75.